The standard InChI is InChI=1S/C17H17N3O2/c1-12(21)20-10-9-13-11-15(7-8-16(13)20)19-17(22)18-14-5-3-2-4-6-14/h2-8,11H,9-10H2,1H3,(H2,18,19,22). The molecule has 0 fully saturated rings. The van der Waals surface area contributed by atoms with Crippen molar-refractivity contribution in [1.82, 2.24) is 0 Å². The van der Waals surface area contributed by atoms with Crippen LogP contribution in [0.3, 0.4) is 0 Å². The van der Waals surface area contributed by atoms with Crippen LogP contribution in [0.5, 0.6) is 0 Å². The van der Waals surface area contributed by atoms with Gasteiger partial charge in [0.1, 0.15) is 0 Å². The predicted octanol–water partition coefficient (Wildman–Crippen LogP) is 3.24. The molecule has 5 nitrogen and oxygen atoms in total. The quantitative estimate of drug-likeness (QED) is 0.893. The molecular weight excluding hydrogens is 278 g/mol. The molecule has 3 rings (SSSR count). The van der Waals surface area contributed by atoms with Gasteiger partial charge in [-0.15, -0.1) is 0 Å². The first-order valence-corrected chi connectivity index (χ1v) is 7.17. The summed E-state index contributed by atoms with van der Waals surface area (Å²) in [6.45, 7) is 2.26. The Hall–Kier alpha value is -2.82. The van der Waals surface area contributed by atoms with E-state index in [1.807, 2.05) is 48.5 Å². The Labute approximate surface area is 128 Å². The van der Waals surface area contributed by atoms with E-state index < -0.39 is 0 Å². The molecule has 0 aliphatic carbocycles. The second-order valence-electron chi connectivity index (χ2n) is 5.21. The monoisotopic (exact) mass is 295 g/mol. The van der Waals surface area contributed by atoms with E-state index in [1.165, 1.54) is 0 Å². The Morgan fingerprint density at radius 1 is 1.00 bits per heavy atom. The molecule has 22 heavy (non-hydrogen) atoms. The summed E-state index contributed by atoms with van der Waals surface area (Å²) in [5, 5.41) is 5.58. The maximum atomic E-state index is 12.0. The topological polar surface area (TPSA) is 61.4 Å². The van der Waals surface area contributed by atoms with Gasteiger partial charge in [-0.05, 0) is 42.3 Å². The van der Waals surface area contributed by atoms with Gasteiger partial charge < -0.3 is 15.5 Å². The number of hydrogen-bond acceptors (Lipinski definition) is 2. The first-order valence-electron chi connectivity index (χ1n) is 7.17. The van der Waals surface area contributed by atoms with Gasteiger partial charge in [0.15, 0.2) is 0 Å². The number of carbonyl (C=O) groups is 2. The minimum atomic E-state index is -0.285. The van der Waals surface area contributed by atoms with Crippen LogP contribution in [-0.4, -0.2) is 18.5 Å². The molecule has 1 aliphatic rings. The maximum Gasteiger partial charge on any atom is 0.323 e. The summed E-state index contributed by atoms with van der Waals surface area (Å²) in [4.78, 5) is 25.2. The third-order valence-electron chi connectivity index (χ3n) is 3.64. The van der Waals surface area contributed by atoms with E-state index in [2.05, 4.69) is 10.6 Å². The number of anilines is 3. The zero-order chi connectivity index (χ0) is 15.5. The molecule has 0 aromatic heterocycles. The Balaban J connectivity index is 1.69. The highest BCUT2D eigenvalue weighted by atomic mass is 16.2. The Morgan fingerprint density at radius 3 is 2.45 bits per heavy atom. The zero-order valence-corrected chi connectivity index (χ0v) is 12.3. The first-order chi connectivity index (χ1) is 10.6. The van der Waals surface area contributed by atoms with Crippen molar-refractivity contribution in [3.63, 3.8) is 0 Å². The molecule has 1 aliphatic heterocycles. The molecule has 0 radical (unpaired) electrons. The molecule has 5 heteroatoms. The highest BCUT2D eigenvalue weighted by molar-refractivity contribution is 6.00. The lowest BCUT2D eigenvalue weighted by Gasteiger charge is -2.15. The van der Waals surface area contributed by atoms with E-state index in [9.17, 15) is 9.59 Å². The van der Waals surface area contributed by atoms with Gasteiger partial charge in [0.25, 0.3) is 0 Å². The van der Waals surface area contributed by atoms with Crippen LogP contribution in [-0.2, 0) is 11.2 Å². The van der Waals surface area contributed by atoms with Gasteiger partial charge in [0, 0.05) is 30.5 Å². The second kappa shape index (κ2) is 5.89. The van der Waals surface area contributed by atoms with Crippen molar-refractivity contribution in [3.05, 3.63) is 54.1 Å². The Morgan fingerprint density at radius 2 is 1.73 bits per heavy atom. The average Bonchev–Trinajstić information content (AvgIpc) is 2.91. The van der Waals surface area contributed by atoms with E-state index in [4.69, 9.17) is 0 Å². The summed E-state index contributed by atoms with van der Waals surface area (Å²) in [6.07, 6.45) is 0.810. The van der Waals surface area contributed by atoms with Gasteiger partial charge in [0.2, 0.25) is 5.91 Å². The molecule has 0 spiro atoms. The van der Waals surface area contributed by atoms with Crippen LogP contribution in [0.2, 0.25) is 0 Å². The summed E-state index contributed by atoms with van der Waals surface area (Å²) in [6, 6.07) is 14.6. The zero-order valence-electron chi connectivity index (χ0n) is 12.3. The molecular formula is C17H17N3O2. The van der Waals surface area contributed by atoms with Gasteiger partial charge >= 0.3 is 6.03 Å². The predicted molar refractivity (Wildman–Crippen MR) is 87.3 cm³/mol. The van der Waals surface area contributed by atoms with Crippen LogP contribution < -0.4 is 15.5 Å². The van der Waals surface area contributed by atoms with Gasteiger partial charge in [-0.1, -0.05) is 18.2 Å². The molecule has 0 unspecified atom stereocenters. The number of amides is 3. The van der Waals surface area contributed by atoms with E-state index in [1.54, 1.807) is 11.8 Å². The van der Waals surface area contributed by atoms with Crippen molar-refractivity contribution in [2.24, 2.45) is 0 Å². The maximum absolute atomic E-state index is 12.0. The van der Waals surface area contributed by atoms with Crippen LogP contribution in [0.15, 0.2) is 48.5 Å². The van der Waals surface area contributed by atoms with Crippen LogP contribution in [0.4, 0.5) is 21.9 Å². The number of hydrogen-bond donors (Lipinski definition) is 2. The molecule has 0 saturated carbocycles. The number of para-hydroxylation sites is 1. The minimum absolute atomic E-state index is 0.0429. The van der Waals surface area contributed by atoms with Crippen LogP contribution in [0.1, 0.15) is 12.5 Å². The lowest BCUT2D eigenvalue weighted by atomic mass is 10.1. The summed E-state index contributed by atoms with van der Waals surface area (Å²) in [7, 11) is 0. The normalized spacial score (nSPS) is 12.7. The number of nitrogens with zero attached hydrogens (tertiary/aromatic N) is 1. The average molecular weight is 295 g/mol. The highest BCUT2D eigenvalue weighted by Crippen LogP contribution is 2.30. The van der Waals surface area contributed by atoms with Gasteiger partial charge in [-0.3, -0.25) is 4.79 Å². The molecule has 0 atom stereocenters. The van der Waals surface area contributed by atoms with Crippen molar-refractivity contribution >= 4 is 29.0 Å². The fraction of sp³-hybridized carbons (Fsp3) is 0.176. The van der Waals surface area contributed by atoms with E-state index in [0.717, 1.165) is 29.0 Å². The van der Waals surface area contributed by atoms with Crippen molar-refractivity contribution < 1.29 is 9.59 Å². The van der Waals surface area contributed by atoms with Gasteiger partial charge in [-0.2, -0.15) is 0 Å². The lowest BCUT2D eigenvalue weighted by molar-refractivity contribution is -0.116. The van der Waals surface area contributed by atoms with Gasteiger partial charge in [0.05, 0.1) is 0 Å². The smallest absolute Gasteiger partial charge is 0.312 e. The summed E-state index contributed by atoms with van der Waals surface area (Å²) in [5.41, 5.74) is 3.47. The Bertz CT molecular complexity index is 713. The third-order valence-corrected chi connectivity index (χ3v) is 3.64. The molecule has 2 aromatic rings. The fourth-order valence-corrected chi connectivity index (χ4v) is 2.62. The van der Waals surface area contributed by atoms with Crippen LogP contribution in [0.25, 0.3) is 0 Å². The minimum Gasteiger partial charge on any atom is -0.312 e. The largest absolute Gasteiger partial charge is 0.323 e. The molecule has 0 saturated heterocycles. The molecule has 112 valence electrons. The Kier molecular flexibility index (Phi) is 3.78. The second-order valence-corrected chi connectivity index (χ2v) is 5.21. The van der Waals surface area contributed by atoms with E-state index in [-0.39, 0.29) is 11.9 Å². The molecule has 1 heterocycles. The number of benzene rings is 2. The third kappa shape index (κ3) is 2.93. The molecule has 3 amide bonds. The van der Waals surface area contributed by atoms with E-state index >= 15 is 0 Å². The van der Waals surface area contributed by atoms with Crippen molar-refractivity contribution in [1.29, 1.82) is 0 Å². The first kappa shape index (κ1) is 14.1. The van der Waals surface area contributed by atoms with Crippen molar-refractivity contribution in [3.8, 4) is 0 Å². The molecule has 2 N–H and O–H groups in total. The van der Waals surface area contributed by atoms with Crippen LogP contribution in [0, 0.1) is 0 Å². The number of carbonyl (C=O) groups excluding carboxylic acids is 2. The van der Waals surface area contributed by atoms with Crippen LogP contribution >= 0.6 is 0 Å². The molecule has 2 aromatic carbocycles. The number of fused-ring (bicyclic) bond motifs is 1. The SMILES string of the molecule is CC(=O)N1CCc2cc(NC(=O)Nc3ccccc3)ccc21. The summed E-state index contributed by atoms with van der Waals surface area (Å²) < 4.78 is 0. The highest BCUT2D eigenvalue weighted by Gasteiger charge is 2.22. The fourth-order valence-electron chi connectivity index (χ4n) is 2.62. The van der Waals surface area contributed by atoms with Crippen molar-refractivity contribution in [2.45, 2.75) is 13.3 Å². The lowest BCUT2D eigenvalue weighted by Crippen LogP contribution is -2.25. The van der Waals surface area contributed by atoms with Crippen molar-refractivity contribution in [2.75, 3.05) is 22.1 Å². The number of rotatable bonds is 2. The summed E-state index contributed by atoms with van der Waals surface area (Å²) >= 11 is 0. The van der Waals surface area contributed by atoms with E-state index in [0.29, 0.717) is 6.54 Å². The molecule has 0 bridgehead atoms. The summed E-state index contributed by atoms with van der Waals surface area (Å²) in [5.74, 6) is 0.0429. The van der Waals surface area contributed by atoms with Gasteiger partial charge in [-0.25, -0.2) is 4.79 Å². The number of urea groups is 1. The number of nitrogens with one attached hydrogen (secondary N) is 2.